The van der Waals surface area contributed by atoms with Crippen LogP contribution in [0.3, 0.4) is 0 Å². The van der Waals surface area contributed by atoms with Gasteiger partial charge >= 0.3 is 7.60 Å². The molecule has 0 saturated heterocycles. The van der Waals surface area contributed by atoms with Gasteiger partial charge in [0.2, 0.25) is 5.34 Å². The van der Waals surface area contributed by atoms with E-state index in [1.54, 1.807) is 21.1 Å². The van der Waals surface area contributed by atoms with E-state index in [-0.39, 0.29) is 17.4 Å². The highest BCUT2D eigenvalue weighted by molar-refractivity contribution is 7.53. The van der Waals surface area contributed by atoms with Gasteiger partial charge in [-0.2, -0.15) is 0 Å². The quantitative estimate of drug-likeness (QED) is 0.352. The Labute approximate surface area is 84.4 Å². The van der Waals surface area contributed by atoms with Crippen molar-refractivity contribution in [2.75, 3.05) is 27.7 Å². The Hall–Kier alpha value is -0.190. The molecule has 0 aliphatic carbocycles. The minimum absolute atomic E-state index is 0.0245. The van der Waals surface area contributed by atoms with Gasteiger partial charge < -0.3 is 19.4 Å². The second kappa shape index (κ2) is 4.13. The zero-order chi connectivity index (χ0) is 11.6. The predicted molar refractivity (Wildman–Crippen MR) is 54.7 cm³/mol. The maximum absolute atomic E-state index is 11.1. The normalized spacial score (nSPS) is 17.6. The largest absolute Gasteiger partial charge is 0.373 e. The van der Waals surface area contributed by atoms with Crippen LogP contribution in [0.4, 0.5) is 0 Å². The number of quaternary nitrogens is 1. The van der Waals surface area contributed by atoms with Gasteiger partial charge in [0, 0.05) is 6.42 Å². The molecule has 0 aliphatic rings. The molecule has 84 valence electrons. The van der Waals surface area contributed by atoms with Crippen molar-refractivity contribution in [3.05, 3.63) is 12.7 Å². The van der Waals surface area contributed by atoms with Crippen molar-refractivity contribution >= 4 is 7.60 Å². The van der Waals surface area contributed by atoms with Crippen molar-refractivity contribution in [2.24, 2.45) is 0 Å². The Bertz CT molecular complexity index is 255. The number of aliphatic hydroxyl groups is 1. The van der Waals surface area contributed by atoms with Gasteiger partial charge in [-0.05, 0) is 0 Å². The van der Waals surface area contributed by atoms with Crippen molar-refractivity contribution in [1.82, 2.24) is 0 Å². The molecule has 0 aromatic heterocycles. The third-order valence-electron chi connectivity index (χ3n) is 1.74. The number of likely N-dealkylation sites (N-methyl/N-ethyl adjacent to an activating group) is 1. The highest BCUT2D eigenvalue weighted by Crippen LogP contribution is 2.51. The number of nitrogens with zero attached hydrogens (tertiary/aromatic N) is 1. The third kappa shape index (κ3) is 3.90. The van der Waals surface area contributed by atoms with Gasteiger partial charge in [-0.25, -0.2) is 0 Å². The maximum atomic E-state index is 11.1. The maximum Gasteiger partial charge on any atom is 0.363 e. The molecule has 0 fully saturated rings. The van der Waals surface area contributed by atoms with E-state index in [1.807, 2.05) is 0 Å². The number of rotatable bonds is 5. The highest BCUT2D eigenvalue weighted by atomic mass is 31.2. The summed E-state index contributed by atoms with van der Waals surface area (Å²) in [7, 11) is 0.729. The minimum atomic E-state index is -4.53. The van der Waals surface area contributed by atoms with E-state index in [0.717, 1.165) is 0 Å². The predicted octanol–water partition coefficient (Wildman–Crippen LogP) is 0.135. The lowest BCUT2D eigenvalue weighted by Gasteiger charge is -2.35. The van der Waals surface area contributed by atoms with E-state index < -0.39 is 12.9 Å². The summed E-state index contributed by atoms with van der Waals surface area (Å²) in [5.41, 5.74) is 0. The fourth-order valence-electron chi connectivity index (χ4n) is 1.27. The molecule has 5 nitrogen and oxygen atoms in total. The first-order chi connectivity index (χ1) is 6.02. The van der Waals surface area contributed by atoms with Crippen LogP contribution < -0.4 is 0 Å². The average molecular weight is 224 g/mol. The van der Waals surface area contributed by atoms with Crippen LogP contribution in [0.1, 0.15) is 6.42 Å². The number of hydrogen-bond acceptors (Lipinski definition) is 2. The molecule has 0 bridgehead atoms. The first-order valence-corrected chi connectivity index (χ1v) is 5.82. The van der Waals surface area contributed by atoms with Crippen LogP contribution in [0.15, 0.2) is 12.7 Å². The molecule has 0 amide bonds. The first-order valence-electron chi connectivity index (χ1n) is 4.21. The second-order valence-electron chi connectivity index (χ2n) is 4.47. The van der Waals surface area contributed by atoms with Gasteiger partial charge in [-0.3, -0.25) is 4.57 Å². The van der Waals surface area contributed by atoms with Crippen molar-refractivity contribution < 1.29 is 23.9 Å². The van der Waals surface area contributed by atoms with E-state index in [2.05, 4.69) is 6.58 Å². The van der Waals surface area contributed by atoms with Gasteiger partial charge in [0.05, 0.1) is 21.1 Å². The average Bonchev–Trinajstić information content (AvgIpc) is 1.79. The summed E-state index contributed by atoms with van der Waals surface area (Å²) in [5.74, 6) is 0. The monoisotopic (exact) mass is 224 g/mol. The molecule has 0 radical (unpaired) electrons. The molecular weight excluding hydrogens is 205 g/mol. The molecule has 14 heavy (non-hydrogen) atoms. The van der Waals surface area contributed by atoms with Crippen LogP contribution in [0, 0.1) is 0 Å². The highest BCUT2D eigenvalue weighted by Gasteiger charge is 2.48. The van der Waals surface area contributed by atoms with E-state index in [1.165, 1.54) is 6.08 Å². The van der Waals surface area contributed by atoms with Crippen LogP contribution in [0.2, 0.25) is 0 Å². The summed E-state index contributed by atoms with van der Waals surface area (Å²) in [4.78, 5) is 18.1. The Morgan fingerprint density at radius 2 is 1.86 bits per heavy atom. The van der Waals surface area contributed by atoms with Crippen LogP contribution in [0.25, 0.3) is 0 Å². The lowest BCUT2D eigenvalue weighted by atomic mass is 10.2. The summed E-state index contributed by atoms with van der Waals surface area (Å²) in [6.07, 6.45) is 1.20. The molecule has 0 aromatic rings. The summed E-state index contributed by atoms with van der Waals surface area (Å²) in [6, 6.07) is 0. The fourth-order valence-corrected chi connectivity index (χ4v) is 2.24. The van der Waals surface area contributed by atoms with E-state index in [4.69, 9.17) is 9.79 Å². The smallest absolute Gasteiger partial charge is 0.363 e. The summed E-state index contributed by atoms with van der Waals surface area (Å²) >= 11 is 0. The van der Waals surface area contributed by atoms with Crippen molar-refractivity contribution in [3.8, 4) is 0 Å². The molecule has 6 heteroatoms. The summed E-state index contributed by atoms with van der Waals surface area (Å²) in [6.45, 7) is 3.35. The second-order valence-corrected chi connectivity index (χ2v) is 6.39. The summed E-state index contributed by atoms with van der Waals surface area (Å²) < 4.78 is 11.4. The van der Waals surface area contributed by atoms with Gasteiger partial charge in [0.25, 0.3) is 0 Å². The Kier molecular flexibility index (Phi) is 4.07. The van der Waals surface area contributed by atoms with Gasteiger partial charge in [0.15, 0.2) is 0 Å². The molecule has 1 atom stereocenters. The zero-order valence-corrected chi connectivity index (χ0v) is 9.74. The molecule has 0 aliphatic heterocycles. The molecule has 1 unspecified atom stereocenters. The van der Waals surface area contributed by atoms with Crippen molar-refractivity contribution in [1.29, 1.82) is 0 Å². The number of hydrogen-bond donors (Lipinski definition) is 3. The van der Waals surface area contributed by atoms with Crippen LogP contribution >= 0.6 is 7.60 Å². The lowest BCUT2D eigenvalue weighted by Crippen LogP contribution is -2.48. The lowest BCUT2D eigenvalue weighted by molar-refractivity contribution is -0.875. The van der Waals surface area contributed by atoms with Gasteiger partial charge in [-0.15, -0.1) is 6.58 Å². The fraction of sp³-hybridized carbons (Fsp3) is 0.750. The van der Waals surface area contributed by atoms with E-state index in [0.29, 0.717) is 0 Å². The Balaban J connectivity index is 4.92. The zero-order valence-electron chi connectivity index (χ0n) is 8.84. The molecule has 0 aromatic carbocycles. The van der Waals surface area contributed by atoms with Crippen LogP contribution in [-0.2, 0) is 4.57 Å². The van der Waals surface area contributed by atoms with Gasteiger partial charge in [-0.1, -0.05) is 6.08 Å². The van der Waals surface area contributed by atoms with E-state index >= 15 is 0 Å². The first kappa shape index (κ1) is 13.8. The van der Waals surface area contributed by atoms with Crippen LogP contribution in [0.5, 0.6) is 0 Å². The molecule has 0 rings (SSSR count). The van der Waals surface area contributed by atoms with Crippen LogP contribution in [-0.4, -0.2) is 52.4 Å². The van der Waals surface area contributed by atoms with Gasteiger partial charge in [0.1, 0.15) is 6.54 Å². The van der Waals surface area contributed by atoms with E-state index in [9.17, 15) is 9.67 Å². The molecule has 0 saturated carbocycles. The molecule has 0 spiro atoms. The third-order valence-corrected chi connectivity index (χ3v) is 3.15. The minimum Gasteiger partial charge on any atom is -0.373 e. The standard InChI is InChI=1S/C8H18NO4P/c1-5-6-8(10,14(11,12)13)7-9(2,3)4/h5,10H,1,6-7H2,2-4H3,(H-,11,12,13)/p+1. The Morgan fingerprint density at radius 3 is 2.07 bits per heavy atom. The molecule has 0 heterocycles. The summed E-state index contributed by atoms with van der Waals surface area (Å²) in [5, 5.41) is 7.83. The molecule has 3 N–H and O–H groups in total. The SMILES string of the molecule is C=CCC(O)(C[N+](C)(C)C)P(=O)(O)O. The topological polar surface area (TPSA) is 77.8 Å². The van der Waals surface area contributed by atoms with Crippen molar-refractivity contribution in [2.45, 2.75) is 11.8 Å². The molecular formula is C8H19NO4P+. The Morgan fingerprint density at radius 1 is 1.43 bits per heavy atom. The van der Waals surface area contributed by atoms with Crippen molar-refractivity contribution in [3.63, 3.8) is 0 Å².